The van der Waals surface area contributed by atoms with Crippen LogP contribution >= 0.6 is 11.8 Å². The van der Waals surface area contributed by atoms with Crippen LogP contribution in [0.15, 0.2) is 45.5 Å². The summed E-state index contributed by atoms with van der Waals surface area (Å²) in [4.78, 5) is 33.3. The van der Waals surface area contributed by atoms with E-state index in [-0.39, 0.29) is 17.2 Å². The van der Waals surface area contributed by atoms with Crippen LogP contribution in [0.25, 0.3) is 0 Å². The van der Waals surface area contributed by atoms with Crippen LogP contribution in [0.4, 0.5) is 10.2 Å². The van der Waals surface area contributed by atoms with E-state index in [1.54, 1.807) is 12.1 Å². The number of allylic oxidation sites excluding steroid dienone is 2. The Balaban J connectivity index is 1.88. The van der Waals surface area contributed by atoms with Crippen molar-refractivity contribution in [3.63, 3.8) is 0 Å². The average molecular weight is 399 g/mol. The molecule has 0 saturated carbocycles. The highest BCUT2D eigenvalue weighted by atomic mass is 32.2. The van der Waals surface area contributed by atoms with Gasteiger partial charge in [0, 0.05) is 28.9 Å². The van der Waals surface area contributed by atoms with E-state index >= 15 is 0 Å². The maximum atomic E-state index is 13.5. The van der Waals surface area contributed by atoms with Gasteiger partial charge in [-0.05, 0) is 37.0 Å². The van der Waals surface area contributed by atoms with Gasteiger partial charge in [0.1, 0.15) is 11.6 Å². The number of anilines is 1. The van der Waals surface area contributed by atoms with Gasteiger partial charge in [0.25, 0.3) is 5.56 Å². The van der Waals surface area contributed by atoms with Crippen molar-refractivity contribution in [2.45, 2.75) is 55.9 Å². The van der Waals surface area contributed by atoms with Gasteiger partial charge in [-0.1, -0.05) is 37.7 Å². The van der Waals surface area contributed by atoms with Crippen molar-refractivity contribution >= 4 is 23.4 Å². The Kier molecular flexibility index (Phi) is 5.10. The molecule has 7 heteroatoms. The number of carbonyl (C=O) groups excluding carboxylic acids is 1. The number of aromatic nitrogens is 2. The fraction of sp³-hybridized carbons (Fsp3) is 0.381. The minimum atomic E-state index is -0.529. The summed E-state index contributed by atoms with van der Waals surface area (Å²) in [5, 5.41) is 4.14. The molecule has 28 heavy (non-hydrogen) atoms. The van der Waals surface area contributed by atoms with Crippen LogP contribution in [-0.4, -0.2) is 21.0 Å². The maximum absolute atomic E-state index is 13.5. The first kappa shape index (κ1) is 18.9. The van der Waals surface area contributed by atoms with Crippen LogP contribution in [0.3, 0.4) is 0 Å². The Morgan fingerprint density at radius 3 is 2.71 bits per heavy atom. The van der Waals surface area contributed by atoms with E-state index in [4.69, 9.17) is 0 Å². The molecule has 1 aromatic carbocycles. The molecule has 1 aromatic heterocycles. The van der Waals surface area contributed by atoms with Gasteiger partial charge in [0.2, 0.25) is 0 Å². The summed E-state index contributed by atoms with van der Waals surface area (Å²) >= 11 is 1.52. The van der Waals surface area contributed by atoms with E-state index in [0.717, 1.165) is 30.5 Å². The predicted molar refractivity (Wildman–Crippen MR) is 108 cm³/mol. The fourth-order valence-corrected chi connectivity index (χ4v) is 4.60. The Morgan fingerprint density at radius 2 is 2.00 bits per heavy atom. The van der Waals surface area contributed by atoms with Gasteiger partial charge < -0.3 is 10.3 Å². The molecule has 2 aliphatic rings. The van der Waals surface area contributed by atoms with Gasteiger partial charge >= 0.3 is 0 Å². The molecule has 1 aliphatic carbocycles. The Bertz CT molecular complexity index is 1010. The van der Waals surface area contributed by atoms with E-state index in [9.17, 15) is 14.0 Å². The zero-order chi connectivity index (χ0) is 19.8. The van der Waals surface area contributed by atoms with Crippen molar-refractivity contribution in [2.24, 2.45) is 0 Å². The van der Waals surface area contributed by atoms with Crippen molar-refractivity contribution in [3.8, 4) is 0 Å². The molecule has 0 amide bonds. The molecule has 0 bridgehead atoms. The summed E-state index contributed by atoms with van der Waals surface area (Å²) in [6.45, 7) is 4.17. The number of rotatable bonds is 4. The van der Waals surface area contributed by atoms with Crippen molar-refractivity contribution in [3.05, 3.63) is 62.8 Å². The lowest BCUT2D eigenvalue weighted by Gasteiger charge is -2.32. The lowest BCUT2D eigenvalue weighted by molar-refractivity contribution is -0.116. The number of ketones is 1. The zero-order valence-corrected chi connectivity index (χ0v) is 16.7. The second-order valence-corrected chi connectivity index (χ2v) is 8.68. The molecule has 2 aromatic rings. The molecule has 2 atom stereocenters. The van der Waals surface area contributed by atoms with E-state index < -0.39 is 5.92 Å². The highest BCUT2D eigenvalue weighted by Gasteiger charge is 2.37. The van der Waals surface area contributed by atoms with Crippen LogP contribution in [0.2, 0.25) is 0 Å². The van der Waals surface area contributed by atoms with Crippen molar-refractivity contribution in [1.29, 1.82) is 0 Å². The summed E-state index contributed by atoms with van der Waals surface area (Å²) < 4.78 is 13.5. The molecule has 2 heterocycles. The quantitative estimate of drug-likeness (QED) is 0.590. The number of hydrogen-bond acceptors (Lipinski definition) is 5. The van der Waals surface area contributed by atoms with Crippen molar-refractivity contribution in [1.82, 2.24) is 9.97 Å². The standard InChI is InChI=1S/C21H22FN3O2S/c1-3-11(2)28-21-24-19-18(20(27)25-21)16(12-7-9-13(22)10-8-12)17-14(23-19)5-4-6-15(17)26/h7-11,16H,3-6H2,1-2H3,(H2,23,24,25,27)/t11-,16+/m1/s1. The topological polar surface area (TPSA) is 74.8 Å². The van der Waals surface area contributed by atoms with Gasteiger partial charge in [-0.15, -0.1) is 0 Å². The second-order valence-electron chi connectivity index (χ2n) is 7.25. The molecular formula is C21H22FN3O2S. The summed E-state index contributed by atoms with van der Waals surface area (Å²) in [6, 6.07) is 6.00. The minimum absolute atomic E-state index is 0.0335. The first-order chi connectivity index (χ1) is 13.5. The molecule has 1 aliphatic heterocycles. The van der Waals surface area contributed by atoms with Crippen molar-refractivity contribution < 1.29 is 9.18 Å². The minimum Gasteiger partial charge on any atom is -0.343 e. The van der Waals surface area contributed by atoms with Gasteiger partial charge in [-0.25, -0.2) is 9.37 Å². The number of Topliss-reactive ketones (excluding diaryl/α,β-unsaturated/α-hetero) is 1. The third kappa shape index (κ3) is 3.39. The smallest absolute Gasteiger partial charge is 0.257 e. The number of nitrogens with one attached hydrogen (secondary N) is 2. The summed E-state index contributed by atoms with van der Waals surface area (Å²) in [5.74, 6) is -0.350. The lowest BCUT2D eigenvalue weighted by Crippen LogP contribution is -2.32. The number of aromatic amines is 1. The molecular weight excluding hydrogens is 377 g/mol. The zero-order valence-electron chi connectivity index (χ0n) is 15.8. The van der Waals surface area contributed by atoms with E-state index in [1.807, 2.05) is 0 Å². The second kappa shape index (κ2) is 7.54. The van der Waals surface area contributed by atoms with Gasteiger partial charge in [0.05, 0.1) is 5.56 Å². The number of H-pyrrole nitrogens is 1. The molecule has 0 radical (unpaired) electrons. The monoisotopic (exact) mass is 399 g/mol. The third-order valence-corrected chi connectivity index (χ3v) is 6.48. The Hall–Kier alpha value is -2.41. The lowest BCUT2D eigenvalue weighted by atomic mass is 9.76. The Morgan fingerprint density at radius 1 is 1.25 bits per heavy atom. The van der Waals surface area contributed by atoms with E-state index in [2.05, 4.69) is 29.1 Å². The van der Waals surface area contributed by atoms with Crippen molar-refractivity contribution in [2.75, 3.05) is 5.32 Å². The number of nitrogens with zero attached hydrogens (tertiary/aromatic N) is 1. The maximum Gasteiger partial charge on any atom is 0.257 e. The van der Waals surface area contributed by atoms with Gasteiger partial charge in [-0.2, -0.15) is 0 Å². The number of thioether (sulfide) groups is 1. The number of carbonyl (C=O) groups is 1. The third-order valence-electron chi connectivity index (χ3n) is 5.33. The van der Waals surface area contributed by atoms with Crippen LogP contribution < -0.4 is 10.9 Å². The number of benzene rings is 1. The molecule has 2 N–H and O–H groups in total. The highest BCUT2D eigenvalue weighted by Crippen LogP contribution is 2.43. The number of hydrogen-bond donors (Lipinski definition) is 2. The average Bonchev–Trinajstić information content (AvgIpc) is 2.67. The first-order valence-electron chi connectivity index (χ1n) is 9.57. The first-order valence-corrected chi connectivity index (χ1v) is 10.5. The molecule has 0 unspecified atom stereocenters. The van der Waals surface area contributed by atoms with Gasteiger partial charge in [0.15, 0.2) is 10.9 Å². The molecule has 146 valence electrons. The molecule has 4 rings (SSSR count). The normalized spacial score (nSPS) is 19.7. The molecule has 0 saturated heterocycles. The predicted octanol–water partition coefficient (Wildman–Crippen LogP) is 4.36. The number of fused-ring (bicyclic) bond motifs is 1. The van der Waals surface area contributed by atoms with Gasteiger partial charge in [-0.3, -0.25) is 9.59 Å². The van der Waals surface area contributed by atoms with Crippen LogP contribution in [0.5, 0.6) is 0 Å². The Labute approximate surface area is 166 Å². The van der Waals surface area contributed by atoms with Crippen LogP contribution in [-0.2, 0) is 4.79 Å². The summed E-state index contributed by atoms with van der Waals surface area (Å²) in [5.41, 5.74) is 2.33. The molecule has 5 nitrogen and oxygen atoms in total. The van der Waals surface area contributed by atoms with Crippen LogP contribution in [0, 0.1) is 5.82 Å². The van der Waals surface area contributed by atoms with E-state index in [0.29, 0.717) is 33.8 Å². The summed E-state index contributed by atoms with van der Waals surface area (Å²) in [6.07, 6.45) is 2.93. The molecule has 0 fully saturated rings. The fourth-order valence-electron chi connectivity index (χ4n) is 3.76. The number of halogens is 1. The largest absolute Gasteiger partial charge is 0.343 e. The SMILES string of the molecule is CC[C@@H](C)Sc1nc2c(c(=O)[nH]1)[C@@H](c1ccc(F)cc1)C1=C(CCCC1=O)N2. The van der Waals surface area contributed by atoms with E-state index in [1.165, 1.54) is 23.9 Å². The van der Waals surface area contributed by atoms with Crippen LogP contribution in [0.1, 0.15) is 56.6 Å². The highest BCUT2D eigenvalue weighted by molar-refractivity contribution is 7.99. The molecule has 0 spiro atoms. The summed E-state index contributed by atoms with van der Waals surface area (Å²) in [7, 11) is 0.